The summed E-state index contributed by atoms with van der Waals surface area (Å²) in [6.07, 6.45) is -4.30. The molecule has 0 aromatic heterocycles. The van der Waals surface area contributed by atoms with Crippen LogP contribution in [-0.4, -0.2) is 12.8 Å². The van der Waals surface area contributed by atoms with Crippen LogP contribution in [0.1, 0.15) is 17.2 Å². The van der Waals surface area contributed by atoms with Gasteiger partial charge in [-0.2, -0.15) is 13.2 Å². The maximum Gasteiger partial charge on any atom is 0.416 e. The van der Waals surface area contributed by atoms with E-state index in [0.29, 0.717) is 11.3 Å². The Hall–Kier alpha value is -1.46. The first-order valence-electron chi connectivity index (χ1n) is 6.53. The van der Waals surface area contributed by atoms with Crippen molar-refractivity contribution < 1.29 is 13.2 Å². The van der Waals surface area contributed by atoms with Crippen LogP contribution >= 0.6 is 11.8 Å². The van der Waals surface area contributed by atoms with Crippen LogP contribution in [0.3, 0.4) is 0 Å². The summed E-state index contributed by atoms with van der Waals surface area (Å²) in [5.74, 6) is 0.668. The van der Waals surface area contributed by atoms with E-state index >= 15 is 0 Å². The Morgan fingerprint density at radius 3 is 2.38 bits per heavy atom. The molecule has 0 aliphatic heterocycles. The molecule has 0 aliphatic rings. The number of benzene rings is 2. The summed E-state index contributed by atoms with van der Waals surface area (Å²) >= 11 is 1.62. The number of thioether (sulfide) groups is 1. The molecule has 21 heavy (non-hydrogen) atoms. The summed E-state index contributed by atoms with van der Waals surface area (Å²) in [4.78, 5) is 1.10. The molecule has 2 aromatic rings. The van der Waals surface area contributed by atoms with Crippen LogP contribution in [0.5, 0.6) is 0 Å². The number of alkyl halides is 3. The van der Waals surface area contributed by atoms with E-state index in [4.69, 9.17) is 0 Å². The van der Waals surface area contributed by atoms with Crippen LogP contribution in [0.2, 0.25) is 0 Å². The van der Waals surface area contributed by atoms with Gasteiger partial charge in [0.15, 0.2) is 0 Å². The van der Waals surface area contributed by atoms with Crippen molar-refractivity contribution in [2.75, 3.05) is 12.8 Å². The molecule has 1 N–H and O–H groups in total. The van der Waals surface area contributed by atoms with Gasteiger partial charge in [0.2, 0.25) is 0 Å². The van der Waals surface area contributed by atoms with Gasteiger partial charge in [0, 0.05) is 16.7 Å². The summed E-state index contributed by atoms with van der Waals surface area (Å²) in [5, 5.41) is 3.08. The third-order valence-corrected chi connectivity index (χ3v) is 4.23. The molecule has 1 atom stereocenters. The SMILES string of the molecule is CNC(CSc1ccccc1)c1cccc(C(F)(F)F)c1. The van der Waals surface area contributed by atoms with Crippen LogP contribution in [0.25, 0.3) is 0 Å². The zero-order valence-corrected chi connectivity index (χ0v) is 12.3. The summed E-state index contributed by atoms with van der Waals surface area (Å²) in [7, 11) is 1.76. The Bertz CT molecular complexity index is 569. The van der Waals surface area contributed by atoms with Crippen molar-refractivity contribution in [1.29, 1.82) is 0 Å². The van der Waals surface area contributed by atoms with Gasteiger partial charge in [-0.05, 0) is 36.9 Å². The molecule has 2 aromatic carbocycles. The van der Waals surface area contributed by atoms with Crippen molar-refractivity contribution in [2.45, 2.75) is 17.1 Å². The fraction of sp³-hybridized carbons (Fsp3) is 0.250. The first kappa shape index (κ1) is 15.9. The van der Waals surface area contributed by atoms with Gasteiger partial charge in [-0.1, -0.05) is 30.3 Å². The van der Waals surface area contributed by atoms with Gasteiger partial charge in [0.1, 0.15) is 0 Å². The Morgan fingerprint density at radius 1 is 1.05 bits per heavy atom. The van der Waals surface area contributed by atoms with Gasteiger partial charge < -0.3 is 5.32 Å². The summed E-state index contributed by atoms with van der Waals surface area (Å²) in [6, 6.07) is 15.2. The van der Waals surface area contributed by atoms with Gasteiger partial charge in [0.25, 0.3) is 0 Å². The van der Waals surface area contributed by atoms with E-state index in [0.717, 1.165) is 11.0 Å². The van der Waals surface area contributed by atoms with Gasteiger partial charge in [-0.25, -0.2) is 0 Å². The van der Waals surface area contributed by atoms with Crippen molar-refractivity contribution in [1.82, 2.24) is 5.32 Å². The smallest absolute Gasteiger partial charge is 0.312 e. The number of hydrogen-bond donors (Lipinski definition) is 1. The van der Waals surface area contributed by atoms with Crippen molar-refractivity contribution >= 4 is 11.8 Å². The fourth-order valence-electron chi connectivity index (χ4n) is 1.97. The average Bonchev–Trinajstić information content (AvgIpc) is 2.48. The van der Waals surface area contributed by atoms with Crippen LogP contribution in [0.15, 0.2) is 59.5 Å². The van der Waals surface area contributed by atoms with Gasteiger partial charge in [0.05, 0.1) is 5.56 Å². The van der Waals surface area contributed by atoms with Gasteiger partial charge in [-0.15, -0.1) is 11.8 Å². The largest absolute Gasteiger partial charge is 0.416 e. The van der Waals surface area contributed by atoms with E-state index in [2.05, 4.69) is 5.32 Å². The highest BCUT2D eigenvalue weighted by Crippen LogP contribution is 2.32. The summed E-state index contributed by atoms with van der Waals surface area (Å²) in [6.45, 7) is 0. The molecule has 0 amide bonds. The molecular formula is C16H16F3NS. The highest BCUT2D eigenvalue weighted by Gasteiger charge is 2.30. The van der Waals surface area contributed by atoms with Crippen molar-refractivity contribution in [3.63, 3.8) is 0 Å². The Kier molecular flexibility index (Phi) is 5.31. The zero-order chi connectivity index (χ0) is 15.3. The minimum atomic E-state index is -4.30. The van der Waals surface area contributed by atoms with E-state index < -0.39 is 11.7 Å². The lowest BCUT2D eigenvalue weighted by atomic mass is 10.1. The quantitative estimate of drug-likeness (QED) is 0.799. The molecule has 112 valence electrons. The zero-order valence-electron chi connectivity index (χ0n) is 11.5. The molecule has 2 rings (SSSR count). The molecule has 0 bridgehead atoms. The Labute approximate surface area is 126 Å². The monoisotopic (exact) mass is 311 g/mol. The Morgan fingerprint density at radius 2 is 1.76 bits per heavy atom. The molecule has 0 fully saturated rings. The minimum absolute atomic E-state index is 0.127. The maximum absolute atomic E-state index is 12.8. The van der Waals surface area contributed by atoms with Gasteiger partial charge in [-0.3, -0.25) is 0 Å². The average molecular weight is 311 g/mol. The van der Waals surface area contributed by atoms with E-state index in [1.807, 2.05) is 30.3 Å². The third-order valence-electron chi connectivity index (χ3n) is 3.12. The van der Waals surface area contributed by atoms with Gasteiger partial charge >= 0.3 is 6.18 Å². The topological polar surface area (TPSA) is 12.0 Å². The summed E-state index contributed by atoms with van der Waals surface area (Å²) in [5.41, 5.74) is 0.0423. The lowest BCUT2D eigenvalue weighted by Crippen LogP contribution is -2.19. The second kappa shape index (κ2) is 7.00. The Balaban J connectivity index is 2.10. The highest BCUT2D eigenvalue weighted by molar-refractivity contribution is 7.99. The second-order valence-electron chi connectivity index (χ2n) is 4.59. The molecule has 0 heterocycles. The normalized spacial score (nSPS) is 13.1. The van der Waals surface area contributed by atoms with Crippen molar-refractivity contribution in [2.24, 2.45) is 0 Å². The van der Waals surface area contributed by atoms with E-state index in [1.54, 1.807) is 24.9 Å². The molecule has 1 unspecified atom stereocenters. The standard InChI is InChI=1S/C16H16F3NS/c1-20-15(11-21-14-8-3-2-4-9-14)12-6-5-7-13(10-12)16(17,18)19/h2-10,15,20H,11H2,1H3. The van der Waals surface area contributed by atoms with E-state index in [-0.39, 0.29) is 6.04 Å². The number of rotatable bonds is 5. The molecule has 0 spiro atoms. The number of nitrogens with one attached hydrogen (secondary N) is 1. The predicted octanol–water partition coefficient (Wildman–Crippen LogP) is 4.76. The van der Waals surface area contributed by atoms with E-state index in [1.165, 1.54) is 12.1 Å². The first-order valence-corrected chi connectivity index (χ1v) is 7.51. The lowest BCUT2D eigenvalue weighted by Gasteiger charge is -2.18. The molecule has 0 radical (unpaired) electrons. The number of halogens is 3. The molecular weight excluding hydrogens is 295 g/mol. The molecule has 1 nitrogen and oxygen atoms in total. The lowest BCUT2D eigenvalue weighted by molar-refractivity contribution is -0.137. The van der Waals surface area contributed by atoms with Crippen LogP contribution < -0.4 is 5.32 Å². The molecule has 0 saturated carbocycles. The van der Waals surface area contributed by atoms with Crippen LogP contribution in [-0.2, 0) is 6.18 Å². The number of hydrogen-bond acceptors (Lipinski definition) is 2. The van der Waals surface area contributed by atoms with Crippen molar-refractivity contribution in [3.05, 3.63) is 65.7 Å². The second-order valence-corrected chi connectivity index (χ2v) is 5.68. The van der Waals surface area contributed by atoms with Crippen LogP contribution in [0, 0.1) is 0 Å². The minimum Gasteiger partial charge on any atom is -0.312 e. The maximum atomic E-state index is 12.8. The first-order chi connectivity index (χ1) is 10.0. The molecule has 0 aliphatic carbocycles. The molecule has 0 saturated heterocycles. The van der Waals surface area contributed by atoms with E-state index in [9.17, 15) is 13.2 Å². The van der Waals surface area contributed by atoms with Crippen LogP contribution in [0.4, 0.5) is 13.2 Å². The third kappa shape index (κ3) is 4.51. The highest BCUT2D eigenvalue weighted by atomic mass is 32.2. The van der Waals surface area contributed by atoms with Crippen molar-refractivity contribution in [3.8, 4) is 0 Å². The molecule has 5 heteroatoms. The predicted molar refractivity (Wildman–Crippen MR) is 80.4 cm³/mol. The summed E-state index contributed by atoms with van der Waals surface area (Å²) < 4.78 is 38.3. The fourth-order valence-corrected chi connectivity index (χ4v) is 3.04.